The van der Waals surface area contributed by atoms with Gasteiger partial charge in [0, 0.05) is 16.3 Å². The van der Waals surface area contributed by atoms with E-state index in [2.05, 4.69) is 154 Å². The molecule has 0 aliphatic carbocycles. The molecule has 1 aromatic heterocycles. The van der Waals surface area contributed by atoms with Crippen molar-refractivity contribution in [1.82, 2.24) is 0 Å². The van der Waals surface area contributed by atoms with E-state index in [9.17, 15) is 0 Å². The Morgan fingerprint density at radius 1 is 0.364 bits per heavy atom. The van der Waals surface area contributed by atoms with Crippen LogP contribution in [0.5, 0.6) is 0 Å². The molecule has 8 aromatic rings. The summed E-state index contributed by atoms with van der Waals surface area (Å²) < 4.78 is 6.69. The van der Waals surface area contributed by atoms with Crippen LogP contribution < -0.4 is 27.3 Å². The molecule has 0 amide bonds. The first-order valence-electron chi connectivity index (χ1n) is 15.5. The van der Waals surface area contributed by atoms with E-state index in [1.54, 1.807) is 0 Å². The van der Waals surface area contributed by atoms with Gasteiger partial charge in [0.15, 0.2) is 0 Å². The van der Waals surface area contributed by atoms with E-state index >= 15 is 0 Å². The van der Waals surface area contributed by atoms with Crippen molar-refractivity contribution < 1.29 is 4.42 Å². The van der Waals surface area contributed by atoms with E-state index in [4.69, 9.17) is 4.42 Å². The molecule has 0 aliphatic rings. The predicted octanol–water partition coefficient (Wildman–Crippen LogP) is 2.19. The summed E-state index contributed by atoms with van der Waals surface area (Å²) in [7, 11) is 11.4. The van der Waals surface area contributed by atoms with Crippen LogP contribution in [-0.4, -0.2) is 39.2 Å². The summed E-state index contributed by atoms with van der Waals surface area (Å²) in [5, 5.41) is 7.40. The number of fused-ring (bicyclic) bond motifs is 5. The number of benzene rings is 7. The monoisotopic (exact) mass is 556 g/mol. The molecular formula is C38H29B5O. The fraction of sp³-hybridized carbons (Fsp3) is 0. The second kappa shape index (κ2) is 10.1. The summed E-state index contributed by atoms with van der Waals surface area (Å²) in [5.41, 5.74) is 16.2. The van der Waals surface area contributed by atoms with Crippen LogP contribution >= 0.6 is 0 Å². The average Bonchev–Trinajstić information content (AvgIpc) is 3.46. The summed E-state index contributed by atoms with van der Waals surface area (Å²) in [4.78, 5) is 0. The van der Waals surface area contributed by atoms with Crippen molar-refractivity contribution in [2.24, 2.45) is 0 Å². The molecule has 202 valence electrons. The number of hydrogen-bond acceptors (Lipinski definition) is 1. The highest BCUT2D eigenvalue weighted by atomic mass is 16.3. The molecule has 0 saturated heterocycles. The third-order valence-electron chi connectivity index (χ3n) is 10.1. The second-order valence-corrected chi connectivity index (χ2v) is 12.2. The first-order valence-corrected chi connectivity index (χ1v) is 15.5. The topological polar surface area (TPSA) is 13.1 Å². The lowest BCUT2D eigenvalue weighted by molar-refractivity contribution is 0.670. The molecular weight excluding hydrogens is 526 g/mol. The molecule has 0 saturated carbocycles. The van der Waals surface area contributed by atoms with Gasteiger partial charge in [0.25, 0.3) is 0 Å². The van der Waals surface area contributed by atoms with Gasteiger partial charge in [0.05, 0.1) is 0 Å². The van der Waals surface area contributed by atoms with Gasteiger partial charge in [-0.15, -0.1) is 16.4 Å². The molecule has 44 heavy (non-hydrogen) atoms. The Hall–Kier alpha value is -4.82. The first kappa shape index (κ1) is 26.8. The van der Waals surface area contributed by atoms with Gasteiger partial charge >= 0.3 is 0 Å². The molecule has 0 spiro atoms. The maximum absolute atomic E-state index is 6.69. The predicted molar refractivity (Wildman–Crippen MR) is 206 cm³/mol. The molecule has 0 unspecified atom stereocenters. The minimum atomic E-state index is 0.912. The summed E-state index contributed by atoms with van der Waals surface area (Å²) in [6, 6.07) is 41.5. The minimum Gasteiger partial charge on any atom is -0.455 e. The lowest BCUT2D eigenvalue weighted by Gasteiger charge is -2.24. The highest BCUT2D eigenvalue weighted by Gasteiger charge is 2.23. The van der Waals surface area contributed by atoms with E-state index in [1.165, 1.54) is 71.1 Å². The van der Waals surface area contributed by atoms with Crippen molar-refractivity contribution in [2.75, 3.05) is 0 Å². The Balaban J connectivity index is 1.53. The van der Waals surface area contributed by atoms with Crippen molar-refractivity contribution in [3.8, 4) is 33.4 Å². The van der Waals surface area contributed by atoms with Crippen molar-refractivity contribution in [2.45, 2.75) is 0 Å². The molecule has 0 aliphatic heterocycles. The highest BCUT2D eigenvalue weighted by Crippen LogP contribution is 2.47. The van der Waals surface area contributed by atoms with Gasteiger partial charge in [-0.05, 0) is 55.4 Å². The average molecular weight is 556 g/mol. The zero-order chi connectivity index (χ0) is 30.1. The Labute approximate surface area is 262 Å². The summed E-state index contributed by atoms with van der Waals surface area (Å²) in [6.07, 6.45) is 0. The van der Waals surface area contributed by atoms with E-state index in [0.29, 0.717) is 0 Å². The maximum Gasteiger partial charge on any atom is 0.143 e. The van der Waals surface area contributed by atoms with E-state index < -0.39 is 0 Å². The minimum absolute atomic E-state index is 0.912. The zero-order valence-corrected chi connectivity index (χ0v) is 25.9. The number of hydrogen-bond donors (Lipinski definition) is 0. The van der Waals surface area contributed by atoms with Crippen LogP contribution in [0.2, 0.25) is 0 Å². The molecule has 7 aromatic carbocycles. The SMILES string of the molecule is Bc1c(B)c(B)c(-c2c3ccccc3c(-c3cccc4oc5c(-c6ccccc6)cccc5c34)c3ccccc23)c(B)c1B. The van der Waals surface area contributed by atoms with Crippen LogP contribution in [0.1, 0.15) is 0 Å². The quantitative estimate of drug-likeness (QED) is 0.241. The molecule has 0 fully saturated rings. The lowest BCUT2D eigenvalue weighted by Crippen LogP contribution is -2.55. The first-order chi connectivity index (χ1) is 21.5. The third-order valence-corrected chi connectivity index (χ3v) is 10.1. The van der Waals surface area contributed by atoms with Crippen molar-refractivity contribution in [3.63, 3.8) is 0 Å². The second-order valence-electron chi connectivity index (χ2n) is 12.2. The Kier molecular flexibility index (Phi) is 6.17. The molecule has 0 radical (unpaired) electrons. The number of furan rings is 1. The lowest BCUT2D eigenvalue weighted by atomic mass is 9.59. The summed E-state index contributed by atoms with van der Waals surface area (Å²) in [5.74, 6) is 0. The van der Waals surface area contributed by atoms with E-state index in [-0.39, 0.29) is 0 Å². The molecule has 8 rings (SSSR count). The van der Waals surface area contributed by atoms with Crippen LogP contribution in [-0.2, 0) is 0 Å². The van der Waals surface area contributed by atoms with Gasteiger partial charge < -0.3 is 4.42 Å². The summed E-state index contributed by atoms with van der Waals surface area (Å²) in [6.45, 7) is 0. The Bertz CT molecular complexity index is 2360. The van der Waals surface area contributed by atoms with Gasteiger partial charge in [-0.2, -0.15) is 0 Å². The molecule has 0 N–H and O–H groups in total. The van der Waals surface area contributed by atoms with Crippen LogP contribution in [0, 0.1) is 0 Å². The number of rotatable bonds is 3. The van der Waals surface area contributed by atoms with Gasteiger partial charge in [-0.1, -0.05) is 120 Å². The maximum atomic E-state index is 6.69. The van der Waals surface area contributed by atoms with Crippen LogP contribution in [0.25, 0.3) is 76.9 Å². The van der Waals surface area contributed by atoms with Crippen molar-refractivity contribution in [3.05, 3.63) is 115 Å². The summed E-state index contributed by atoms with van der Waals surface area (Å²) >= 11 is 0. The van der Waals surface area contributed by atoms with Gasteiger partial charge in [0.2, 0.25) is 0 Å². The van der Waals surface area contributed by atoms with Crippen LogP contribution in [0.4, 0.5) is 0 Å². The Morgan fingerprint density at radius 3 is 1.45 bits per heavy atom. The molecule has 1 nitrogen and oxygen atoms in total. The van der Waals surface area contributed by atoms with E-state index in [1.807, 2.05) is 0 Å². The smallest absolute Gasteiger partial charge is 0.143 e. The largest absolute Gasteiger partial charge is 0.455 e. The van der Waals surface area contributed by atoms with Crippen LogP contribution in [0.15, 0.2) is 120 Å². The van der Waals surface area contributed by atoms with Gasteiger partial charge in [-0.25, -0.2) is 0 Å². The van der Waals surface area contributed by atoms with E-state index in [0.717, 1.165) is 33.1 Å². The standard InChI is InChI=1S/C38H29B5O/c39-33-32(34(40)36(42)37(43)35(33)41)31-24-14-6-4-12-22(24)29(23-13-5-7-15-25(23)31)26-17-9-19-28-30(26)27-18-8-16-21(38(27)44-28)20-10-2-1-3-11-20/h1-19H,39-43H2. The highest BCUT2D eigenvalue weighted by molar-refractivity contribution is 6.69. The fourth-order valence-electron chi connectivity index (χ4n) is 7.46. The van der Waals surface area contributed by atoms with Crippen LogP contribution in [0.3, 0.4) is 0 Å². The zero-order valence-electron chi connectivity index (χ0n) is 25.9. The molecule has 0 atom stereocenters. The van der Waals surface area contributed by atoms with Crippen molar-refractivity contribution >= 4 is 110 Å². The Morgan fingerprint density at radius 2 is 0.841 bits per heavy atom. The third kappa shape index (κ3) is 3.80. The van der Waals surface area contributed by atoms with Gasteiger partial charge in [0.1, 0.15) is 50.4 Å². The van der Waals surface area contributed by atoms with Crippen molar-refractivity contribution in [1.29, 1.82) is 0 Å². The molecule has 1 heterocycles. The number of para-hydroxylation sites is 1. The fourth-order valence-corrected chi connectivity index (χ4v) is 7.46. The van der Waals surface area contributed by atoms with Gasteiger partial charge in [-0.3, -0.25) is 0 Å². The molecule has 6 heteroatoms. The molecule has 0 bridgehead atoms. The normalized spacial score (nSPS) is 11.6.